The lowest BCUT2D eigenvalue weighted by Gasteiger charge is -2.21. The van der Waals surface area contributed by atoms with E-state index in [1.54, 1.807) is 22.5 Å². The van der Waals surface area contributed by atoms with Gasteiger partial charge in [0.25, 0.3) is 0 Å². The van der Waals surface area contributed by atoms with Crippen LogP contribution in [0.1, 0.15) is 42.9 Å². The molecule has 0 saturated carbocycles. The summed E-state index contributed by atoms with van der Waals surface area (Å²) in [4.78, 5) is 31.0. The zero-order chi connectivity index (χ0) is 18.5. The molecular formula is C20H21NO3S2. The van der Waals surface area contributed by atoms with Crippen molar-refractivity contribution in [3.8, 4) is 0 Å². The van der Waals surface area contributed by atoms with E-state index in [9.17, 15) is 9.59 Å². The molecule has 3 heterocycles. The average Bonchev–Trinajstić information content (AvgIpc) is 3.35. The summed E-state index contributed by atoms with van der Waals surface area (Å²) in [6.07, 6.45) is 2.05. The fraction of sp³-hybridized carbons (Fsp3) is 0.300. The van der Waals surface area contributed by atoms with Gasteiger partial charge in [0.2, 0.25) is 5.91 Å². The molecule has 6 heteroatoms. The smallest absolute Gasteiger partial charge is 0.223 e. The van der Waals surface area contributed by atoms with Crippen LogP contribution < -0.4 is 0 Å². The third kappa shape index (κ3) is 4.93. The van der Waals surface area contributed by atoms with Gasteiger partial charge >= 0.3 is 0 Å². The number of hydrogen-bond acceptors (Lipinski definition) is 5. The summed E-state index contributed by atoms with van der Waals surface area (Å²) in [7, 11) is 0. The highest BCUT2D eigenvalue weighted by molar-refractivity contribution is 7.14. The molecule has 0 spiro atoms. The number of rotatable bonds is 8. The van der Waals surface area contributed by atoms with Crippen LogP contribution in [0.25, 0.3) is 0 Å². The Labute approximate surface area is 161 Å². The van der Waals surface area contributed by atoms with E-state index < -0.39 is 0 Å². The van der Waals surface area contributed by atoms with Crippen molar-refractivity contribution in [2.75, 3.05) is 0 Å². The Morgan fingerprint density at radius 3 is 2.35 bits per heavy atom. The number of aryl methyl sites for hydroxylation is 2. The lowest BCUT2D eigenvalue weighted by molar-refractivity contribution is -0.132. The molecule has 0 bridgehead atoms. The standard InChI is InChI=1S/C20H21NO3S2/c1-14-5-7-17(25-14)13-21(12-16-4-3-11-24-16)20(23)10-8-18(22)19-9-6-15(2)26-19/h3-7,9,11H,8,10,12-13H2,1-2H3. The van der Waals surface area contributed by atoms with Gasteiger partial charge in [-0.15, -0.1) is 22.7 Å². The van der Waals surface area contributed by atoms with Crippen molar-refractivity contribution in [3.63, 3.8) is 0 Å². The first-order chi connectivity index (χ1) is 12.5. The van der Waals surface area contributed by atoms with Crippen molar-refractivity contribution in [1.82, 2.24) is 4.90 Å². The number of furan rings is 1. The maximum atomic E-state index is 12.8. The van der Waals surface area contributed by atoms with Crippen molar-refractivity contribution in [2.24, 2.45) is 0 Å². The fourth-order valence-electron chi connectivity index (χ4n) is 2.67. The molecule has 0 atom stereocenters. The molecule has 3 aromatic heterocycles. The van der Waals surface area contributed by atoms with Crippen molar-refractivity contribution >= 4 is 34.4 Å². The van der Waals surface area contributed by atoms with Crippen molar-refractivity contribution in [2.45, 2.75) is 39.8 Å². The first-order valence-corrected chi connectivity index (χ1v) is 10.1. The van der Waals surface area contributed by atoms with Crippen LogP contribution in [0.4, 0.5) is 0 Å². The topological polar surface area (TPSA) is 50.5 Å². The van der Waals surface area contributed by atoms with Crippen LogP contribution >= 0.6 is 22.7 Å². The van der Waals surface area contributed by atoms with Gasteiger partial charge in [0.15, 0.2) is 5.78 Å². The Morgan fingerprint density at radius 1 is 0.962 bits per heavy atom. The summed E-state index contributed by atoms with van der Waals surface area (Å²) in [6.45, 7) is 4.97. The maximum Gasteiger partial charge on any atom is 0.223 e. The van der Waals surface area contributed by atoms with Crippen molar-refractivity contribution in [3.05, 3.63) is 67.9 Å². The molecule has 0 aliphatic rings. The monoisotopic (exact) mass is 387 g/mol. The Morgan fingerprint density at radius 2 is 1.73 bits per heavy atom. The van der Waals surface area contributed by atoms with Gasteiger partial charge in [-0.25, -0.2) is 0 Å². The molecule has 3 rings (SSSR count). The fourth-order valence-corrected chi connectivity index (χ4v) is 4.41. The second kappa shape index (κ2) is 8.47. The van der Waals surface area contributed by atoms with Gasteiger partial charge in [0.1, 0.15) is 5.76 Å². The van der Waals surface area contributed by atoms with Gasteiger partial charge in [-0.2, -0.15) is 0 Å². The molecule has 0 radical (unpaired) electrons. The molecular weight excluding hydrogens is 366 g/mol. The van der Waals surface area contributed by atoms with E-state index in [1.165, 1.54) is 16.2 Å². The SMILES string of the molecule is Cc1ccc(CN(Cc2ccco2)C(=O)CCC(=O)c2ccc(C)s2)s1. The first kappa shape index (κ1) is 18.6. The number of carbonyl (C=O) groups is 2. The zero-order valence-electron chi connectivity index (χ0n) is 14.9. The first-order valence-electron chi connectivity index (χ1n) is 8.46. The zero-order valence-corrected chi connectivity index (χ0v) is 16.5. The Hall–Kier alpha value is -2.18. The number of hydrogen-bond donors (Lipinski definition) is 0. The minimum absolute atomic E-state index is 0.0290. The van der Waals surface area contributed by atoms with Gasteiger partial charge in [-0.3, -0.25) is 9.59 Å². The minimum Gasteiger partial charge on any atom is -0.467 e. The average molecular weight is 388 g/mol. The van der Waals surface area contributed by atoms with Crippen LogP contribution in [-0.2, 0) is 17.9 Å². The van der Waals surface area contributed by atoms with Crippen LogP contribution in [0.15, 0.2) is 47.1 Å². The summed E-state index contributed by atoms with van der Waals surface area (Å²) in [5.74, 6) is 0.738. The molecule has 0 unspecified atom stereocenters. The van der Waals surface area contributed by atoms with Crippen LogP contribution in [0.5, 0.6) is 0 Å². The molecule has 26 heavy (non-hydrogen) atoms. The van der Waals surface area contributed by atoms with Crippen LogP contribution in [0, 0.1) is 13.8 Å². The van der Waals surface area contributed by atoms with Crippen LogP contribution in [0.3, 0.4) is 0 Å². The molecule has 1 amide bonds. The summed E-state index contributed by atoms with van der Waals surface area (Å²) in [5, 5.41) is 0. The largest absolute Gasteiger partial charge is 0.467 e. The number of ketones is 1. The van der Waals surface area contributed by atoms with E-state index in [0.29, 0.717) is 13.1 Å². The Balaban J connectivity index is 1.64. The van der Waals surface area contributed by atoms with Gasteiger partial charge in [0.05, 0.1) is 24.2 Å². The van der Waals surface area contributed by atoms with Gasteiger partial charge in [-0.05, 0) is 50.2 Å². The van der Waals surface area contributed by atoms with Crippen LogP contribution in [0.2, 0.25) is 0 Å². The number of carbonyl (C=O) groups excluding carboxylic acids is 2. The number of nitrogens with zero attached hydrogens (tertiary/aromatic N) is 1. The molecule has 0 aliphatic heterocycles. The van der Waals surface area contributed by atoms with E-state index in [0.717, 1.165) is 20.4 Å². The third-order valence-electron chi connectivity index (χ3n) is 4.00. The van der Waals surface area contributed by atoms with E-state index in [4.69, 9.17) is 4.42 Å². The number of amides is 1. The Bertz CT molecular complexity index is 877. The normalized spacial score (nSPS) is 10.8. The molecule has 0 saturated heterocycles. The molecule has 136 valence electrons. The summed E-state index contributed by atoms with van der Waals surface area (Å²) < 4.78 is 5.40. The van der Waals surface area contributed by atoms with E-state index in [2.05, 4.69) is 13.0 Å². The summed E-state index contributed by atoms with van der Waals surface area (Å²) >= 11 is 3.16. The maximum absolute atomic E-state index is 12.8. The summed E-state index contributed by atoms with van der Waals surface area (Å²) in [6, 6.07) is 11.5. The number of Topliss-reactive ketones (excluding diaryl/α,β-unsaturated/α-hetero) is 1. The minimum atomic E-state index is -0.0333. The lowest BCUT2D eigenvalue weighted by atomic mass is 10.1. The van der Waals surface area contributed by atoms with Crippen LogP contribution in [-0.4, -0.2) is 16.6 Å². The molecule has 4 nitrogen and oxygen atoms in total. The highest BCUT2D eigenvalue weighted by Gasteiger charge is 2.19. The predicted molar refractivity (Wildman–Crippen MR) is 105 cm³/mol. The van der Waals surface area contributed by atoms with E-state index >= 15 is 0 Å². The molecule has 0 aromatic carbocycles. The Kier molecular flexibility index (Phi) is 6.06. The lowest BCUT2D eigenvalue weighted by Crippen LogP contribution is -2.29. The van der Waals surface area contributed by atoms with Gasteiger partial charge in [-0.1, -0.05) is 0 Å². The van der Waals surface area contributed by atoms with Crippen molar-refractivity contribution < 1.29 is 14.0 Å². The van der Waals surface area contributed by atoms with Gasteiger partial charge < -0.3 is 9.32 Å². The second-order valence-electron chi connectivity index (χ2n) is 6.17. The van der Waals surface area contributed by atoms with E-state index in [1.807, 2.05) is 37.3 Å². The second-order valence-corrected chi connectivity index (χ2v) is 8.84. The molecule has 0 aliphatic carbocycles. The van der Waals surface area contributed by atoms with Crippen molar-refractivity contribution in [1.29, 1.82) is 0 Å². The highest BCUT2D eigenvalue weighted by Crippen LogP contribution is 2.21. The quantitative estimate of drug-likeness (QED) is 0.499. The van der Waals surface area contributed by atoms with Gasteiger partial charge in [0, 0.05) is 27.5 Å². The number of thiophene rings is 2. The molecule has 0 N–H and O–H groups in total. The summed E-state index contributed by atoms with van der Waals surface area (Å²) in [5.41, 5.74) is 0. The predicted octanol–water partition coefficient (Wildman–Crippen LogP) is 5.21. The third-order valence-corrected chi connectivity index (χ3v) is 6.03. The molecule has 3 aromatic rings. The highest BCUT2D eigenvalue weighted by atomic mass is 32.1. The van der Waals surface area contributed by atoms with E-state index in [-0.39, 0.29) is 24.5 Å². The molecule has 0 fully saturated rings.